The second-order valence-electron chi connectivity index (χ2n) is 5.72. The van der Waals surface area contributed by atoms with Gasteiger partial charge in [-0.2, -0.15) is 0 Å². The molecule has 0 aliphatic rings. The molecule has 3 aromatic rings. The number of hydrogen-bond acceptors (Lipinski definition) is 4. The van der Waals surface area contributed by atoms with Gasteiger partial charge in [0.15, 0.2) is 0 Å². The third-order valence-electron chi connectivity index (χ3n) is 3.83. The van der Waals surface area contributed by atoms with Crippen LogP contribution in [0.25, 0.3) is 10.9 Å². The molecule has 142 valence electrons. The minimum atomic E-state index is -1.82. The summed E-state index contributed by atoms with van der Waals surface area (Å²) >= 11 is 0. The molecule has 0 amide bonds. The van der Waals surface area contributed by atoms with E-state index in [2.05, 4.69) is 46.7 Å². The highest BCUT2D eigenvalue weighted by molar-refractivity contribution is 6.27. The normalized spacial score (nSPS) is 11.3. The van der Waals surface area contributed by atoms with Gasteiger partial charge in [0.05, 0.1) is 5.52 Å². The summed E-state index contributed by atoms with van der Waals surface area (Å²) in [6, 6.07) is 18.6. The number of carboxylic acids is 2. The average Bonchev–Trinajstić information content (AvgIpc) is 3.16. The van der Waals surface area contributed by atoms with Crippen LogP contribution in [-0.4, -0.2) is 40.7 Å². The predicted octanol–water partition coefficient (Wildman–Crippen LogP) is 3.05. The van der Waals surface area contributed by atoms with E-state index in [4.69, 9.17) is 24.5 Å². The maximum absolute atomic E-state index is 9.10. The first-order valence-electron chi connectivity index (χ1n) is 8.41. The quantitative estimate of drug-likeness (QED) is 0.496. The molecule has 4 N–H and O–H groups in total. The molecule has 1 heterocycles. The van der Waals surface area contributed by atoms with Crippen LogP contribution in [0.4, 0.5) is 0 Å². The van der Waals surface area contributed by atoms with Crippen molar-refractivity contribution in [1.29, 1.82) is 0 Å². The summed E-state index contributed by atoms with van der Waals surface area (Å²) in [6.45, 7) is 0.917. The Morgan fingerprint density at radius 2 is 1.74 bits per heavy atom. The number of H-pyrrole nitrogens is 1. The van der Waals surface area contributed by atoms with Gasteiger partial charge in [0.2, 0.25) is 0 Å². The van der Waals surface area contributed by atoms with E-state index in [1.807, 2.05) is 31.4 Å². The topological polar surface area (TPSA) is 112 Å². The highest BCUT2D eigenvalue weighted by Gasteiger charge is 2.14. The largest absolute Gasteiger partial charge is 0.483 e. The first-order chi connectivity index (χ1) is 13.0. The fourth-order valence-corrected chi connectivity index (χ4v) is 2.54. The van der Waals surface area contributed by atoms with Gasteiger partial charge in [-0.05, 0) is 31.3 Å². The van der Waals surface area contributed by atoms with Crippen LogP contribution in [0.1, 0.15) is 18.1 Å². The number of aromatic amines is 1. The van der Waals surface area contributed by atoms with Crippen LogP contribution in [0.15, 0.2) is 60.8 Å². The molecule has 0 fully saturated rings. The number of rotatable bonds is 6. The van der Waals surface area contributed by atoms with Crippen molar-refractivity contribution < 1.29 is 24.5 Å². The number of hydrogen-bond donors (Lipinski definition) is 4. The highest BCUT2D eigenvalue weighted by atomic mass is 16.5. The average molecular weight is 370 g/mol. The number of carboxylic acid groups (broad SMARTS) is 2. The lowest BCUT2D eigenvalue weighted by Crippen LogP contribution is -2.16. The predicted molar refractivity (Wildman–Crippen MR) is 102 cm³/mol. The van der Waals surface area contributed by atoms with Crippen molar-refractivity contribution in [2.75, 3.05) is 13.6 Å². The van der Waals surface area contributed by atoms with Crippen molar-refractivity contribution in [1.82, 2.24) is 10.3 Å². The van der Waals surface area contributed by atoms with Crippen LogP contribution in [0.2, 0.25) is 0 Å². The highest BCUT2D eigenvalue weighted by Crippen LogP contribution is 2.30. The lowest BCUT2D eigenvalue weighted by atomic mass is 10.1. The van der Waals surface area contributed by atoms with Crippen molar-refractivity contribution in [3.05, 3.63) is 66.4 Å². The summed E-state index contributed by atoms with van der Waals surface area (Å²) in [4.78, 5) is 21.5. The molecular weight excluding hydrogens is 348 g/mol. The van der Waals surface area contributed by atoms with Gasteiger partial charge in [-0.3, -0.25) is 0 Å². The molecule has 0 saturated carbocycles. The number of aromatic nitrogens is 1. The summed E-state index contributed by atoms with van der Waals surface area (Å²) in [5.41, 5.74) is 2.26. The molecule has 0 bridgehead atoms. The third-order valence-corrected chi connectivity index (χ3v) is 3.83. The Hall–Kier alpha value is -3.32. The minimum absolute atomic E-state index is 0.0487. The molecule has 7 heteroatoms. The Morgan fingerprint density at radius 3 is 2.37 bits per heavy atom. The zero-order valence-corrected chi connectivity index (χ0v) is 14.9. The van der Waals surface area contributed by atoms with Gasteiger partial charge in [0.25, 0.3) is 0 Å². The van der Waals surface area contributed by atoms with E-state index in [0.717, 1.165) is 24.2 Å². The second kappa shape index (κ2) is 9.98. The number of aliphatic carboxylic acids is 2. The summed E-state index contributed by atoms with van der Waals surface area (Å²) in [5, 5.41) is 19.2. The molecule has 3 rings (SSSR count). The van der Waals surface area contributed by atoms with Crippen LogP contribution >= 0.6 is 0 Å². The van der Waals surface area contributed by atoms with E-state index in [1.165, 1.54) is 10.9 Å². The number of para-hydroxylation sites is 1. The Kier molecular flexibility index (Phi) is 7.39. The SMILES string of the molecule is CNCC[C@H](Oc1cccc2cc[nH]c12)c1ccccc1.O=C(O)C(=O)O. The monoisotopic (exact) mass is 370 g/mol. The van der Waals surface area contributed by atoms with Gasteiger partial charge in [-0.25, -0.2) is 9.59 Å². The molecule has 0 aliphatic carbocycles. The fourth-order valence-electron chi connectivity index (χ4n) is 2.54. The number of benzene rings is 2. The molecule has 1 atom stereocenters. The van der Waals surface area contributed by atoms with Crippen molar-refractivity contribution >= 4 is 22.8 Å². The molecule has 2 aromatic carbocycles. The lowest BCUT2D eigenvalue weighted by Gasteiger charge is -2.20. The third kappa shape index (κ3) is 5.86. The number of carbonyl (C=O) groups is 2. The van der Waals surface area contributed by atoms with Gasteiger partial charge in [-0.1, -0.05) is 42.5 Å². The molecule has 7 nitrogen and oxygen atoms in total. The Morgan fingerprint density at radius 1 is 1.04 bits per heavy atom. The summed E-state index contributed by atoms with van der Waals surface area (Å²) in [5.74, 6) is -2.74. The van der Waals surface area contributed by atoms with Crippen molar-refractivity contribution in [3.63, 3.8) is 0 Å². The zero-order chi connectivity index (χ0) is 19.6. The summed E-state index contributed by atoms with van der Waals surface area (Å²) in [6.07, 6.45) is 2.92. The van der Waals surface area contributed by atoms with E-state index < -0.39 is 11.9 Å². The van der Waals surface area contributed by atoms with E-state index in [9.17, 15) is 0 Å². The van der Waals surface area contributed by atoms with Crippen LogP contribution in [0.5, 0.6) is 5.75 Å². The van der Waals surface area contributed by atoms with Gasteiger partial charge in [0, 0.05) is 18.0 Å². The second-order valence-corrected chi connectivity index (χ2v) is 5.72. The lowest BCUT2D eigenvalue weighted by molar-refractivity contribution is -0.159. The van der Waals surface area contributed by atoms with Crippen LogP contribution < -0.4 is 10.1 Å². The van der Waals surface area contributed by atoms with Gasteiger partial charge in [-0.15, -0.1) is 0 Å². The molecule has 0 spiro atoms. The number of fused-ring (bicyclic) bond motifs is 1. The summed E-state index contributed by atoms with van der Waals surface area (Å²) < 4.78 is 6.30. The van der Waals surface area contributed by atoms with Crippen molar-refractivity contribution in [2.24, 2.45) is 0 Å². The molecule has 0 saturated heterocycles. The van der Waals surface area contributed by atoms with E-state index >= 15 is 0 Å². The van der Waals surface area contributed by atoms with Gasteiger partial charge >= 0.3 is 11.9 Å². The molecular formula is C20H22N2O5. The van der Waals surface area contributed by atoms with Crippen LogP contribution in [0.3, 0.4) is 0 Å². The molecule has 0 aliphatic heterocycles. The number of ether oxygens (including phenoxy) is 1. The maximum Gasteiger partial charge on any atom is 0.414 e. The maximum atomic E-state index is 9.10. The zero-order valence-electron chi connectivity index (χ0n) is 14.9. The first kappa shape index (κ1) is 20.0. The molecule has 27 heavy (non-hydrogen) atoms. The van der Waals surface area contributed by atoms with Gasteiger partial charge in [0.1, 0.15) is 11.9 Å². The smallest absolute Gasteiger partial charge is 0.414 e. The molecule has 0 radical (unpaired) electrons. The van der Waals surface area contributed by atoms with Crippen molar-refractivity contribution in [2.45, 2.75) is 12.5 Å². The van der Waals surface area contributed by atoms with Crippen molar-refractivity contribution in [3.8, 4) is 5.75 Å². The minimum Gasteiger partial charge on any atom is -0.483 e. The van der Waals surface area contributed by atoms with Gasteiger partial charge < -0.3 is 25.3 Å². The van der Waals surface area contributed by atoms with Crippen LogP contribution in [0, 0.1) is 0 Å². The Bertz CT molecular complexity index is 864. The Balaban J connectivity index is 0.000000380. The van der Waals surface area contributed by atoms with E-state index in [0.29, 0.717) is 0 Å². The Labute approximate surface area is 156 Å². The van der Waals surface area contributed by atoms with Crippen LogP contribution in [-0.2, 0) is 9.59 Å². The molecule has 0 unspecified atom stereocenters. The van der Waals surface area contributed by atoms with E-state index in [-0.39, 0.29) is 6.10 Å². The standard InChI is InChI=1S/C18H20N2O.C2H2O4/c1-19-12-11-16(14-6-3-2-4-7-14)21-17-9-5-8-15-10-13-20-18(15)17;3-1(4)2(5)6/h2-10,13,16,19-20H,11-12H2,1H3;(H,3,4)(H,5,6)/t16-;/m0./s1. The fraction of sp³-hybridized carbons (Fsp3) is 0.200. The van der Waals surface area contributed by atoms with E-state index in [1.54, 1.807) is 0 Å². The number of nitrogens with one attached hydrogen (secondary N) is 2. The molecule has 1 aromatic heterocycles. The first-order valence-corrected chi connectivity index (χ1v) is 8.41. The summed E-state index contributed by atoms with van der Waals surface area (Å²) in [7, 11) is 1.97.